The Morgan fingerprint density at radius 3 is 2.36 bits per heavy atom. The molecule has 0 spiro atoms. The van der Waals surface area contributed by atoms with Gasteiger partial charge in [-0.05, 0) is 57.2 Å². The lowest BCUT2D eigenvalue weighted by Crippen LogP contribution is -2.17. The lowest BCUT2D eigenvalue weighted by Gasteiger charge is -2.13. The first-order valence-electron chi connectivity index (χ1n) is 11.7. The lowest BCUT2D eigenvalue weighted by molar-refractivity contribution is -0.385. The van der Waals surface area contributed by atoms with Crippen molar-refractivity contribution in [2.45, 2.75) is 25.7 Å². The summed E-state index contributed by atoms with van der Waals surface area (Å²) in [6.07, 6.45) is 1.53. The fourth-order valence-electron chi connectivity index (χ4n) is 4.08. The van der Waals surface area contributed by atoms with Gasteiger partial charge in [-0.2, -0.15) is 5.10 Å². The number of para-hydroxylation sites is 1. The minimum atomic E-state index is -4.46. The first-order chi connectivity index (χ1) is 18.5. The topological polar surface area (TPSA) is 156 Å². The van der Waals surface area contributed by atoms with Gasteiger partial charge < -0.3 is 9.67 Å². The number of non-ortho nitro benzene ring substituents is 1. The zero-order chi connectivity index (χ0) is 28.3. The molecule has 39 heavy (non-hydrogen) atoms. The smallest absolute Gasteiger partial charge is 0.337 e. The van der Waals surface area contributed by atoms with E-state index in [-0.39, 0.29) is 16.9 Å². The number of carboxylic acids is 1. The van der Waals surface area contributed by atoms with Crippen LogP contribution in [0.4, 0.5) is 17.1 Å². The van der Waals surface area contributed by atoms with Gasteiger partial charge in [0.1, 0.15) is 4.90 Å². The summed E-state index contributed by atoms with van der Waals surface area (Å²) < 4.78 is 30.8. The third kappa shape index (κ3) is 5.80. The second kappa shape index (κ2) is 10.8. The van der Waals surface area contributed by atoms with Gasteiger partial charge in [0.05, 0.1) is 28.1 Å². The van der Waals surface area contributed by atoms with E-state index in [2.05, 4.69) is 19.8 Å². The molecule has 1 heterocycles. The molecule has 0 aliphatic rings. The summed E-state index contributed by atoms with van der Waals surface area (Å²) in [5.74, 6) is -1.33. The molecule has 11 nitrogen and oxygen atoms in total. The molecule has 0 radical (unpaired) electrons. The summed E-state index contributed by atoms with van der Waals surface area (Å²) in [6.45, 7) is 5.90. The van der Waals surface area contributed by atoms with Crippen molar-refractivity contribution in [3.05, 3.63) is 111 Å². The van der Waals surface area contributed by atoms with Crippen molar-refractivity contribution in [1.82, 2.24) is 4.57 Å². The Hall–Kier alpha value is -4.97. The number of nitrogens with zero attached hydrogens (tertiary/aromatic N) is 3. The molecule has 200 valence electrons. The molecule has 3 aromatic carbocycles. The highest BCUT2D eigenvalue weighted by Gasteiger charge is 2.24. The van der Waals surface area contributed by atoms with Gasteiger partial charge in [-0.1, -0.05) is 29.8 Å². The Labute approximate surface area is 224 Å². The average Bonchev–Trinajstić information content (AvgIpc) is 3.17. The van der Waals surface area contributed by atoms with Crippen LogP contribution in [0, 0.1) is 30.9 Å². The molecule has 4 aromatic rings. The molecule has 0 aliphatic carbocycles. The highest BCUT2D eigenvalue weighted by Crippen LogP contribution is 2.29. The summed E-state index contributed by atoms with van der Waals surface area (Å²) in [7, 11) is -4.46. The molecule has 12 heteroatoms. The molecule has 4 rings (SSSR count). The number of hydrogen-bond acceptors (Lipinski definition) is 7. The monoisotopic (exact) mass is 547 g/mol. The molecular formula is C27H25N5O6S. The van der Waals surface area contributed by atoms with Crippen LogP contribution in [0.1, 0.15) is 32.9 Å². The Balaban J connectivity index is 1.67. The number of aromatic carboxylic acids is 1. The second-order valence-corrected chi connectivity index (χ2v) is 10.4. The highest BCUT2D eigenvalue weighted by molar-refractivity contribution is 7.93. The zero-order valence-corrected chi connectivity index (χ0v) is 22.1. The SMILES string of the molecule is Cc1ccc(-n2c(C)cc(/C=N/Nc3ccc([N+](=O)[O-])cc3S(=O)(=O)Nc3ccccc3C(=O)O)c2C)cc1. The fourth-order valence-corrected chi connectivity index (χ4v) is 5.34. The van der Waals surface area contributed by atoms with E-state index in [1.54, 1.807) is 0 Å². The van der Waals surface area contributed by atoms with Gasteiger partial charge in [0.15, 0.2) is 0 Å². The van der Waals surface area contributed by atoms with Crippen molar-refractivity contribution >= 4 is 39.3 Å². The van der Waals surface area contributed by atoms with Gasteiger partial charge in [0, 0.05) is 34.8 Å². The van der Waals surface area contributed by atoms with E-state index in [0.29, 0.717) is 0 Å². The van der Waals surface area contributed by atoms with Crippen LogP contribution >= 0.6 is 0 Å². The van der Waals surface area contributed by atoms with Crippen LogP contribution in [-0.2, 0) is 10.0 Å². The van der Waals surface area contributed by atoms with Crippen molar-refractivity contribution in [2.24, 2.45) is 5.10 Å². The van der Waals surface area contributed by atoms with Crippen molar-refractivity contribution in [2.75, 3.05) is 10.1 Å². The number of benzene rings is 3. The quantitative estimate of drug-likeness (QED) is 0.147. The summed E-state index contributed by atoms with van der Waals surface area (Å²) in [4.78, 5) is 21.7. The molecule has 0 bridgehead atoms. The molecule has 0 amide bonds. The van der Waals surface area contributed by atoms with E-state index in [9.17, 15) is 28.4 Å². The van der Waals surface area contributed by atoms with E-state index >= 15 is 0 Å². The van der Waals surface area contributed by atoms with E-state index in [0.717, 1.165) is 40.3 Å². The van der Waals surface area contributed by atoms with Crippen molar-refractivity contribution in [3.63, 3.8) is 0 Å². The predicted octanol–water partition coefficient (Wildman–Crippen LogP) is 5.26. The lowest BCUT2D eigenvalue weighted by atomic mass is 10.2. The summed E-state index contributed by atoms with van der Waals surface area (Å²) in [5, 5.41) is 25.0. The number of nitro benzene ring substituents is 1. The number of carbonyl (C=O) groups is 1. The molecule has 3 N–H and O–H groups in total. The Kier molecular flexibility index (Phi) is 7.49. The van der Waals surface area contributed by atoms with E-state index in [1.807, 2.05) is 51.1 Å². The maximum atomic E-state index is 13.3. The van der Waals surface area contributed by atoms with Gasteiger partial charge in [-0.3, -0.25) is 20.3 Å². The Morgan fingerprint density at radius 1 is 1.00 bits per heavy atom. The number of sulfonamides is 1. The number of aromatic nitrogens is 1. The molecule has 0 atom stereocenters. The maximum Gasteiger partial charge on any atom is 0.337 e. The molecular weight excluding hydrogens is 522 g/mol. The average molecular weight is 548 g/mol. The number of anilines is 2. The predicted molar refractivity (Wildman–Crippen MR) is 149 cm³/mol. The number of hydrogen-bond donors (Lipinski definition) is 3. The zero-order valence-electron chi connectivity index (χ0n) is 21.2. The van der Waals surface area contributed by atoms with Gasteiger partial charge in [-0.15, -0.1) is 0 Å². The summed E-state index contributed by atoms with van der Waals surface area (Å²) >= 11 is 0. The first kappa shape index (κ1) is 27.1. The number of hydrazone groups is 1. The molecule has 1 aromatic heterocycles. The molecule has 0 unspecified atom stereocenters. The molecule has 0 aliphatic heterocycles. The van der Waals surface area contributed by atoms with Gasteiger partial charge in [-0.25, -0.2) is 13.2 Å². The third-order valence-corrected chi connectivity index (χ3v) is 7.42. The van der Waals surface area contributed by atoms with Gasteiger partial charge >= 0.3 is 5.97 Å². The number of carboxylic acid groups (broad SMARTS) is 1. The number of nitrogens with one attached hydrogen (secondary N) is 2. The molecule has 0 fully saturated rings. The van der Waals surface area contributed by atoms with Crippen LogP contribution in [0.25, 0.3) is 5.69 Å². The second-order valence-electron chi connectivity index (χ2n) is 8.76. The van der Waals surface area contributed by atoms with Crippen molar-refractivity contribution in [3.8, 4) is 5.69 Å². The van der Waals surface area contributed by atoms with Gasteiger partial charge in [0.25, 0.3) is 15.7 Å². The van der Waals surface area contributed by atoms with Crippen LogP contribution in [0.2, 0.25) is 0 Å². The van der Waals surface area contributed by atoms with Crippen molar-refractivity contribution < 1.29 is 23.2 Å². The molecule has 0 saturated carbocycles. The minimum Gasteiger partial charge on any atom is -0.478 e. The normalized spacial score (nSPS) is 11.5. The summed E-state index contributed by atoms with van der Waals surface area (Å²) in [5.41, 5.74) is 6.49. The standard InChI is InChI=1S/C27H25N5O6S/c1-17-8-10-21(11-9-17)31-18(2)14-20(19(31)3)16-28-29-25-13-12-22(32(35)36)15-26(25)39(37,38)30-24-7-5-4-6-23(24)27(33)34/h4-16,29-30H,1-3H3,(H,33,34)/b28-16+. The number of rotatable bonds is 9. The number of aryl methyl sites for hydroxylation is 2. The van der Waals surface area contributed by atoms with E-state index < -0.39 is 31.5 Å². The van der Waals surface area contributed by atoms with Crippen LogP contribution in [0.15, 0.2) is 82.8 Å². The van der Waals surface area contributed by atoms with Crippen LogP contribution in [-0.4, -0.2) is 35.2 Å². The summed E-state index contributed by atoms with van der Waals surface area (Å²) in [6, 6.07) is 18.7. The minimum absolute atomic E-state index is 0.0375. The first-order valence-corrected chi connectivity index (χ1v) is 13.1. The van der Waals surface area contributed by atoms with Crippen LogP contribution in [0.3, 0.4) is 0 Å². The van der Waals surface area contributed by atoms with Gasteiger partial charge in [0.2, 0.25) is 0 Å². The van der Waals surface area contributed by atoms with Crippen LogP contribution < -0.4 is 10.1 Å². The Morgan fingerprint density at radius 2 is 1.69 bits per heavy atom. The Bertz CT molecular complexity index is 1710. The van der Waals surface area contributed by atoms with Crippen LogP contribution in [0.5, 0.6) is 0 Å². The largest absolute Gasteiger partial charge is 0.478 e. The van der Waals surface area contributed by atoms with E-state index in [1.165, 1.54) is 36.5 Å². The fraction of sp³-hybridized carbons (Fsp3) is 0.111. The third-order valence-electron chi connectivity index (χ3n) is 6.02. The number of nitro groups is 1. The van der Waals surface area contributed by atoms with Crippen molar-refractivity contribution in [1.29, 1.82) is 0 Å². The maximum absolute atomic E-state index is 13.3. The van der Waals surface area contributed by atoms with E-state index in [4.69, 9.17) is 0 Å². The molecule has 0 saturated heterocycles. The highest BCUT2D eigenvalue weighted by atomic mass is 32.2.